The van der Waals surface area contributed by atoms with Gasteiger partial charge in [-0.15, -0.1) is 12.3 Å². The summed E-state index contributed by atoms with van der Waals surface area (Å²) in [7, 11) is 0. The quantitative estimate of drug-likeness (QED) is 0.763. The second kappa shape index (κ2) is 5.14. The summed E-state index contributed by atoms with van der Waals surface area (Å²) in [5.41, 5.74) is 0.814. The fraction of sp³-hybridized carbons (Fsp3) is 0.400. The molecule has 1 atom stereocenters. The Bertz CT molecular complexity index is 488. The molecule has 1 fully saturated rings. The Balaban J connectivity index is 2.28. The minimum Gasteiger partial charge on any atom is -0.489 e. The van der Waals surface area contributed by atoms with E-state index >= 15 is 0 Å². The number of amides is 1. The number of hydrogen-bond donors (Lipinski definition) is 0. The average Bonchev–Trinajstić information content (AvgIpc) is 2.70. The van der Waals surface area contributed by atoms with E-state index in [-0.39, 0.29) is 17.9 Å². The van der Waals surface area contributed by atoms with Gasteiger partial charge in [0, 0.05) is 18.9 Å². The molecule has 1 aliphatic rings. The number of para-hydroxylation sites is 2. The zero-order chi connectivity index (χ0) is 13.1. The van der Waals surface area contributed by atoms with Crippen LogP contribution in [0.15, 0.2) is 24.3 Å². The van der Waals surface area contributed by atoms with Crippen LogP contribution in [0.2, 0.25) is 0 Å². The summed E-state index contributed by atoms with van der Waals surface area (Å²) < 4.78 is 5.73. The van der Waals surface area contributed by atoms with Crippen LogP contribution in [0, 0.1) is 18.3 Å². The van der Waals surface area contributed by atoms with Gasteiger partial charge in [-0.1, -0.05) is 12.1 Å². The van der Waals surface area contributed by atoms with Gasteiger partial charge in [0.25, 0.3) is 0 Å². The first-order valence-electron chi connectivity index (χ1n) is 6.14. The number of nitrogens with zero attached hydrogens (tertiary/aromatic N) is 1. The van der Waals surface area contributed by atoms with E-state index in [1.807, 2.05) is 38.1 Å². The van der Waals surface area contributed by atoms with Crippen LogP contribution in [-0.4, -0.2) is 18.6 Å². The van der Waals surface area contributed by atoms with Crippen molar-refractivity contribution in [3.8, 4) is 18.1 Å². The lowest BCUT2D eigenvalue weighted by Gasteiger charge is -2.21. The number of terminal acetylenes is 1. The number of carbonyl (C=O) groups excluding carboxylic acids is 1. The van der Waals surface area contributed by atoms with Crippen molar-refractivity contribution in [2.24, 2.45) is 5.92 Å². The van der Waals surface area contributed by atoms with E-state index in [0.717, 1.165) is 11.4 Å². The molecular formula is C15H17NO2. The lowest BCUT2D eigenvalue weighted by Crippen LogP contribution is -2.25. The van der Waals surface area contributed by atoms with Gasteiger partial charge in [-0.05, 0) is 26.0 Å². The highest BCUT2D eigenvalue weighted by Gasteiger charge is 2.31. The zero-order valence-corrected chi connectivity index (χ0v) is 10.7. The smallest absolute Gasteiger partial charge is 0.228 e. The third-order valence-corrected chi connectivity index (χ3v) is 2.88. The highest BCUT2D eigenvalue weighted by atomic mass is 16.5. The number of anilines is 1. The third-order valence-electron chi connectivity index (χ3n) is 2.88. The van der Waals surface area contributed by atoms with Crippen LogP contribution in [0.5, 0.6) is 5.75 Å². The van der Waals surface area contributed by atoms with Crippen molar-refractivity contribution in [1.82, 2.24) is 0 Å². The standard InChI is InChI=1S/C15H17NO2/c1-4-12-9-15(17)16(10-12)13-7-5-6-8-14(13)18-11(2)3/h1,5-8,11-12H,9-10H2,2-3H3. The molecule has 1 aliphatic heterocycles. The van der Waals surface area contributed by atoms with Crippen molar-refractivity contribution >= 4 is 11.6 Å². The molecule has 0 saturated carbocycles. The maximum atomic E-state index is 12.0. The molecule has 0 aromatic heterocycles. The van der Waals surface area contributed by atoms with Crippen LogP contribution < -0.4 is 9.64 Å². The number of benzene rings is 1. The van der Waals surface area contributed by atoms with Gasteiger partial charge in [0.15, 0.2) is 0 Å². The molecule has 3 heteroatoms. The van der Waals surface area contributed by atoms with Gasteiger partial charge in [-0.2, -0.15) is 0 Å². The lowest BCUT2D eigenvalue weighted by atomic mass is 10.1. The first kappa shape index (κ1) is 12.5. The van der Waals surface area contributed by atoms with E-state index in [9.17, 15) is 4.79 Å². The van der Waals surface area contributed by atoms with Crippen molar-refractivity contribution in [3.05, 3.63) is 24.3 Å². The molecule has 0 aliphatic carbocycles. The summed E-state index contributed by atoms with van der Waals surface area (Å²) in [4.78, 5) is 13.7. The van der Waals surface area contributed by atoms with Gasteiger partial charge in [0.1, 0.15) is 5.75 Å². The third kappa shape index (κ3) is 2.48. The highest BCUT2D eigenvalue weighted by molar-refractivity contribution is 5.97. The van der Waals surface area contributed by atoms with Gasteiger partial charge in [-0.25, -0.2) is 0 Å². The van der Waals surface area contributed by atoms with E-state index in [1.54, 1.807) is 4.90 Å². The van der Waals surface area contributed by atoms with Crippen molar-refractivity contribution < 1.29 is 9.53 Å². The van der Waals surface area contributed by atoms with Crippen molar-refractivity contribution in [3.63, 3.8) is 0 Å². The molecular weight excluding hydrogens is 226 g/mol. The zero-order valence-electron chi connectivity index (χ0n) is 10.7. The van der Waals surface area contributed by atoms with E-state index in [0.29, 0.717) is 13.0 Å². The minimum absolute atomic E-state index is 0.00426. The first-order chi connectivity index (χ1) is 8.61. The lowest BCUT2D eigenvalue weighted by molar-refractivity contribution is -0.117. The Labute approximate surface area is 108 Å². The predicted molar refractivity (Wildman–Crippen MR) is 71.5 cm³/mol. The molecule has 0 radical (unpaired) electrons. The molecule has 3 nitrogen and oxygen atoms in total. The molecule has 1 saturated heterocycles. The Morgan fingerprint density at radius 3 is 2.78 bits per heavy atom. The van der Waals surface area contributed by atoms with Gasteiger partial charge in [-0.3, -0.25) is 4.79 Å². The average molecular weight is 243 g/mol. The molecule has 1 aromatic rings. The molecule has 1 unspecified atom stereocenters. The Morgan fingerprint density at radius 2 is 2.17 bits per heavy atom. The molecule has 94 valence electrons. The molecule has 1 amide bonds. The van der Waals surface area contributed by atoms with Crippen LogP contribution in [0.25, 0.3) is 0 Å². The number of rotatable bonds is 3. The van der Waals surface area contributed by atoms with Crippen molar-refractivity contribution in [2.75, 3.05) is 11.4 Å². The van der Waals surface area contributed by atoms with E-state index in [1.165, 1.54) is 0 Å². The van der Waals surface area contributed by atoms with Crippen molar-refractivity contribution in [1.29, 1.82) is 0 Å². The Morgan fingerprint density at radius 1 is 1.44 bits per heavy atom. The van der Waals surface area contributed by atoms with Crippen LogP contribution in [0.3, 0.4) is 0 Å². The molecule has 18 heavy (non-hydrogen) atoms. The second-order valence-electron chi connectivity index (χ2n) is 4.71. The van der Waals surface area contributed by atoms with E-state index < -0.39 is 0 Å². The summed E-state index contributed by atoms with van der Waals surface area (Å²) in [6.07, 6.45) is 5.89. The van der Waals surface area contributed by atoms with Crippen LogP contribution in [0.4, 0.5) is 5.69 Å². The van der Waals surface area contributed by atoms with Crippen molar-refractivity contribution in [2.45, 2.75) is 26.4 Å². The van der Waals surface area contributed by atoms with Crippen LogP contribution in [0.1, 0.15) is 20.3 Å². The topological polar surface area (TPSA) is 29.5 Å². The summed E-state index contributed by atoms with van der Waals surface area (Å²) in [5, 5.41) is 0. The summed E-state index contributed by atoms with van der Waals surface area (Å²) in [6.45, 7) is 4.51. The van der Waals surface area contributed by atoms with Gasteiger partial charge in [0.2, 0.25) is 5.91 Å². The predicted octanol–water partition coefficient (Wildman–Crippen LogP) is 2.46. The molecule has 0 bridgehead atoms. The number of ether oxygens (including phenoxy) is 1. The van der Waals surface area contributed by atoms with E-state index in [4.69, 9.17) is 11.2 Å². The normalized spacial score (nSPS) is 19.1. The molecule has 1 heterocycles. The maximum Gasteiger partial charge on any atom is 0.228 e. The fourth-order valence-corrected chi connectivity index (χ4v) is 2.09. The molecule has 2 rings (SSSR count). The van der Waals surface area contributed by atoms with Crippen LogP contribution in [-0.2, 0) is 4.79 Å². The summed E-state index contributed by atoms with van der Waals surface area (Å²) in [6, 6.07) is 7.58. The molecule has 0 spiro atoms. The van der Waals surface area contributed by atoms with Crippen LogP contribution >= 0.6 is 0 Å². The number of carbonyl (C=O) groups is 1. The van der Waals surface area contributed by atoms with Gasteiger partial charge < -0.3 is 9.64 Å². The van der Waals surface area contributed by atoms with E-state index in [2.05, 4.69) is 5.92 Å². The van der Waals surface area contributed by atoms with Gasteiger partial charge in [0.05, 0.1) is 11.8 Å². The number of hydrogen-bond acceptors (Lipinski definition) is 2. The van der Waals surface area contributed by atoms with Gasteiger partial charge >= 0.3 is 0 Å². The largest absolute Gasteiger partial charge is 0.489 e. The molecule has 0 N–H and O–H groups in total. The first-order valence-corrected chi connectivity index (χ1v) is 6.14. The minimum atomic E-state index is 0.00426. The summed E-state index contributed by atoms with van der Waals surface area (Å²) in [5.74, 6) is 3.46. The Kier molecular flexibility index (Phi) is 3.57. The highest BCUT2D eigenvalue weighted by Crippen LogP contribution is 2.33. The SMILES string of the molecule is C#CC1CC(=O)N(c2ccccc2OC(C)C)C1. The Hall–Kier alpha value is -1.95. The monoisotopic (exact) mass is 243 g/mol. The fourth-order valence-electron chi connectivity index (χ4n) is 2.09. The second-order valence-corrected chi connectivity index (χ2v) is 4.71. The maximum absolute atomic E-state index is 12.0. The summed E-state index contributed by atoms with van der Waals surface area (Å²) >= 11 is 0. The molecule has 1 aromatic carbocycles.